The van der Waals surface area contributed by atoms with Gasteiger partial charge in [0, 0.05) is 32.2 Å². The van der Waals surface area contributed by atoms with Gasteiger partial charge in [0.2, 0.25) is 0 Å². The quantitative estimate of drug-likeness (QED) is 0.782. The number of hydrogen-bond donors (Lipinski definition) is 0. The van der Waals surface area contributed by atoms with Gasteiger partial charge in [-0.2, -0.15) is 0 Å². The molecule has 2 heterocycles. The highest BCUT2D eigenvalue weighted by atomic mass is 16.6. The Kier molecular flexibility index (Phi) is 5.34. The molecule has 0 N–H and O–H groups in total. The molecule has 3 rings (SSSR count). The van der Waals surface area contributed by atoms with Crippen molar-refractivity contribution in [1.82, 2.24) is 9.80 Å². The highest BCUT2D eigenvalue weighted by molar-refractivity contribution is 5.67. The minimum Gasteiger partial charge on any atom is -0.445 e. The normalized spacial score (nSPS) is 24.8. The Hall–Kier alpha value is -1.81. The van der Waals surface area contributed by atoms with Crippen LogP contribution in [0, 0.1) is 5.92 Å². The number of rotatable bonds is 5. The molecule has 0 spiro atoms. The van der Waals surface area contributed by atoms with Crippen molar-refractivity contribution in [2.45, 2.75) is 31.9 Å². The van der Waals surface area contributed by atoms with Crippen LogP contribution in [0.4, 0.5) is 4.79 Å². The van der Waals surface area contributed by atoms with Crippen LogP contribution in [0.3, 0.4) is 0 Å². The van der Waals surface area contributed by atoms with Crippen LogP contribution in [0.1, 0.15) is 24.8 Å². The van der Waals surface area contributed by atoms with Gasteiger partial charge in [-0.05, 0) is 30.7 Å². The molecule has 2 aliphatic heterocycles. The summed E-state index contributed by atoms with van der Waals surface area (Å²) < 4.78 is 5.48. The third-order valence-electron chi connectivity index (χ3n) is 5.01. The second-order valence-electron chi connectivity index (χ2n) is 6.53. The van der Waals surface area contributed by atoms with Crippen LogP contribution in [0.2, 0.25) is 0 Å². The summed E-state index contributed by atoms with van der Waals surface area (Å²) in [4.78, 5) is 16.7. The molecular weight excluding hydrogens is 288 g/mol. The molecule has 23 heavy (non-hydrogen) atoms. The van der Waals surface area contributed by atoms with E-state index in [1.807, 2.05) is 41.3 Å². The lowest BCUT2D eigenvalue weighted by Crippen LogP contribution is -2.56. The molecular formula is C19H26N2O2. The molecule has 0 aliphatic carbocycles. The Morgan fingerprint density at radius 1 is 1.26 bits per heavy atom. The van der Waals surface area contributed by atoms with E-state index in [1.54, 1.807) is 0 Å². The molecule has 124 valence electrons. The fourth-order valence-electron chi connectivity index (χ4n) is 3.69. The highest BCUT2D eigenvalue weighted by Gasteiger charge is 2.37. The van der Waals surface area contributed by atoms with Gasteiger partial charge < -0.3 is 9.64 Å². The fourth-order valence-corrected chi connectivity index (χ4v) is 3.69. The Morgan fingerprint density at radius 3 is 2.78 bits per heavy atom. The molecule has 0 radical (unpaired) electrons. The van der Waals surface area contributed by atoms with Crippen LogP contribution in [-0.2, 0) is 11.3 Å². The number of carbonyl (C=O) groups is 1. The first-order valence-corrected chi connectivity index (χ1v) is 8.58. The summed E-state index contributed by atoms with van der Waals surface area (Å²) in [6.45, 7) is 7.95. The fraction of sp³-hybridized carbons (Fsp3) is 0.526. The van der Waals surface area contributed by atoms with Gasteiger partial charge in [0.15, 0.2) is 0 Å². The largest absolute Gasteiger partial charge is 0.445 e. The second-order valence-corrected chi connectivity index (χ2v) is 6.53. The third kappa shape index (κ3) is 3.94. The number of likely N-dealkylation sites (tertiary alicyclic amines) is 2. The van der Waals surface area contributed by atoms with E-state index in [1.165, 1.54) is 12.8 Å². The summed E-state index contributed by atoms with van der Waals surface area (Å²) >= 11 is 0. The standard InChI is InChI=1S/C19H26N2O2/c1-2-11-20-13-10-18(20)17-9-6-12-21(14-17)19(22)23-15-16-7-4-3-5-8-16/h2-5,7-8,17-18H,1,6,9-15H2. The summed E-state index contributed by atoms with van der Waals surface area (Å²) in [6, 6.07) is 10.5. The van der Waals surface area contributed by atoms with E-state index in [0.29, 0.717) is 18.6 Å². The number of piperidine rings is 1. The van der Waals surface area contributed by atoms with E-state index in [9.17, 15) is 4.79 Å². The van der Waals surface area contributed by atoms with Gasteiger partial charge in [0.1, 0.15) is 6.61 Å². The molecule has 0 bridgehead atoms. The van der Waals surface area contributed by atoms with Crippen molar-refractivity contribution >= 4 is 6.09 Å². The number of hydrogen-bond acceptors (Lipinski definition) is 3. The minimum absolute atomic E-state index is 0.173. The number of benzene rings is 1. The maximum Gasteiger partial charge on any atom is 0.410 e. The summed E-state index contributed by atoms with van der Waals surface area (Å²) in [5.41, 5.74) is 1.03. The number of ether oxygens (including phenoxy) is 1. The predicted octanol–water partition coefficient (Wildman–Crippen LogP) is 3.30. The molecule has 1 aromatic rings. The maximum absolute atomic E-state index is 12.3. The van der Waals surface area contributed by atoms with Crippen molar-refractivity contribution in [3.63, 3.8) is 0 Å². The summed E-state index contributed by atoms with van der Waals surface area (Å²) in [5, 5.41) is 0. The van der Waals surface area contributed by atoms with Crippen LogP contribution in [0.5, 0.6) is 0 Å². The van der Waals surface area contributed by atoms with Crippen LogP contribution < -0.4 is 0 Å². The van der Waals surface area contributed by atoms with Crippen LogP contribution >= 0.6 is 0 Å². The molecule has 1 aromatic carbocycles. The van der Waals surface area contributed by atoms with Crippen molar-refractivity contribution in [3.8, 4) is 0 Å². The van der Waals surface area contributed by atoms with Gasteiger partial charge in [-0.15, -0.1) is 6.58 Å². The Morgan fingerprint density at radius 2 is 2.09 bits per heavy atom. The van der Waals surface area contributed by atoms with E-state index in [4.69, 9.17) is 4.74 Å². The van der Waals surface area contributed by atoms with Crippen LogP contribution in [0.25, 0.3) is 0 Å². The monoisotopic (exact) mass is 314 g/mol. The number of amides is 1. The number of carbonyl (C=O) groups excluding carboxylic acids is 1. The van der Waals surface area contributed by atoms with Crippen molar-refractivity contribution in [3.05, 3.63) is 48.6 Å². The van der Waals surface area contributed by atoms with Crippen molar-refractivity contribution < 1.29 is 9.53 Å². The molecule has 2 atom stereocenters. The minimum atomic E-state index is -0.173. The van der Waals surface area contributed by atoms with Gasteiger partial charge in [-0.25, -0.2) is 4.79 Å². The molecule has 2 fully saturated rings. The number of nitrogens with zero attached hydrogens (tertiary/aromatic N) is 2. The first-order chi connectivity index (χ1) is 11.3. The molecule has 2 aliphatic rings. The molecule has 0 saturated carbocycles. The van der Waals surface area contributed by atoms with Crippen LogP contribution in [-0.4, -0.2) is 48.1 Å². The van der Waals surface area contributed by atoms with E-state index in [-0.39, 0.29) is 6.09 Å². The smallest absolute Gasteiger partial charge is 0.410 e. The van der Waals surface area contributed by atoms with Gasteiger partial charge in [0.25, 0.3) is 0 Å². The SMILES string of the molecule is C=CCN1CCC1C1CCCN(C(=O)OCc2ccccc2)C1. The molecule has 2 saturated heterocycles. The summed E-state index contributed by atoms with van der Waals surface area (Å²) in [7, 11) is 0. The Bertz CT molecular complexity index is 531. The molecule has 2 unspecified atom stereocenters. The zero-order valence-electron chi connectivity index (χ0n) is 13.7. The lowest BCUT2D eigenvalue weighted by molar-refractivity contribution is 0.0153. The molecule has 4 nitrogen and oxygen atoms in total. The third-order valence-corrected chi connectivity index (χ3v) is 5.01. The molecule has 4 heteroatoms. The Balaban J connectivity index is 1.49. The van der Waals surface area contributed by atoms with E-state index >= 15 is 0 Å². The lowest BCUT2D eigenvalue weighted by Gasteiger charge is -2.47. The van der Waals surface area contributed by atoms with E-state index < -0.39 is 0 Å². The van der Waals surface area contributed by atoms with Gasteiger partial charge in [-0.1, -0.05) is 36.4 Å². The lowest BCUT2D eigenvalue weighted by atomic mass is 9.83. The van der Waals surface area contributed by atoms with Gasteiger partial charge >= 0.3 is 6.09 Å². The average molecular weight is 314 g/mol. The molecule has 1 amide bonds. The topological polar surface area (TPSA) is 32.8 Å². The van der Waals surface area contributed by atoms with E-state index in [0.717, 1.165) is 38.2 Å². The van der Waals surface area contributed by atoms with Gasteiger partial charge in [0.05, 0.1) is 0 Å². The highest BCUT2D eigenvalue weighted by Crippen LogP contribution is 2.31. The van der Waals surface area contributed by atoms with Crippen molar-refractivity contribution in [2.75, 3.05) is 26.2 Å². The van der Waals surface area contributed by atoms with E-state index in [2.05, 4.69) is 11.5 Å². The first-order valence-electron chi connectivity index (χ1n) is 8.58. The zero-order chi connectivity index (χ0) is 16.1. The molecule has 0 aromatic heterocycles. The van der Waals surface area contributed by atoms with Gasteiger partial charge in [-0.3, -0.25) is 4.90 Å². The summed E-state index contributed by atoms with van der Waals surface area (Å²) in [5.74, 6) is 0.571. The Labute approximate surface area is 138 Å². The van der Waals surface area contributed by atoms with Crippen molar-refractivity contribution in [2.24, 2.45) is 5.92 Å². The van der Waals surface area contributed by atoms with Crippen LogP contribution in [0.15, 0.2) is 43.0 Å². The first kappa shape index (κ1) is 16.1. The average Bonchev–Trinajstić information content (AvgIpc) is 2.58. The van der Waals surface area contributed by atoms with Crippen molar-refractivity contribution in [1.29, 1.82) is 0 Å². The summed E-state index contributed by atoms with van der Waals surface area (Å²) in [6.07, 6.45) is 5.32. The second kappa shape index (κ2) is 7.64. The maximum atomic E-state index is 12.3. The zero-order valence-corrected chi connectivity index (χ0v) is 13.7. The predicted molar refractivity (Wildman–Crippen MR) is 91.1 cm³/mol.